The molecule has 1 aromatic rings. The minimum absolute atomic E-state index is 0.717. The van der Waals surface area contributed by atoms with E-state index < -0.39 is 0 Å². The summed E-state index contributed by atoms with van der Waals surface area (Å²) in [5.41, 5.74) is 7.38. The highest BCUT2D eigenvalue weighted by Gasteiger charge is 1.97. The van der Waals surface area contributed by atoms with Gasteiger partial charge in [0.15, 0.2) is 0 Å². The van der Waals surface area contributed by atoms with Gasteiger partial charge in [0.2, 0.25) is 0 Å². The molecule has 0 atom stereocenters. The topological polar surface area (TPSA) is 50.9 Å². The third kappa shape index (κ3) is 2.12. The van der Waals surface area contributed by atoms with Crippen molar-refractivity contribution in [1.82, 2.24) is 4.98 Å². The predicted octanol–water partition coefficient (Wildman–Crippen LogP) is 1.79. The normalized spacial score (nSPS) is 9.83. The molecule has 0 saturated carbocycles. The van der Waals surface area contributed by atoms with Crippen molar-refractivity contribution in [3.05, 3.63) is 17.8 Å². The summed E-state index contributed by atoms with van der Waals surface area (Å²) in [6.45, 7) is 5.08. The van der Waals surface area contributed by atoms with Crippen LogP contribution in [0.25, 0.3) is 0 Å². The molecule has 0 aliphatic carbocycles. The molecule has 1 heterocycles. The zero-order chi connectivity index (χ0) is 8.97. The molecule has 3 heteroatoms. The lowest BCUT2D eigenvalue weighted by molar-refractivity contribution is 0.966. The number of hydrogen-bond donors (Lipinski definition) is 2. The Morgan fingerprint density at radius 3 is 2.92 bits per heavy atom. The molecule has 12 heavy (non-hydrogen) atoms. The van der Waals surface area contributed by atoms with Crippen molar-refractivity contribution in [3.8, 4) is 0 Å². The summed E-state index contributed by atoms with van der Waals surface area (Å²) >= 11 is 0. The summed E-state index contributed by atoms with van der Waals surface area (Å²) in [6, 6.07) is 1.92. The van der Waals surface area contributed by atoms with E-state index >= 15 is 0 Å². The Bertz CT molecular complexity index is 258. The van der Waals surface area contributed by atoms with Gasteiger partial charge in [-0.1, -0.05) is 6.92 Å². The number of hydrogen-bond acceptors (Lipinski definition) is 3. The van der Waals surface area contributed by atoms with Crippen LogP contribution in [-0.4, -0.2) is 11.5 Å². The maximum atomic E-state index is 5.57. The minimum atomic E-state index is 0.717. The highest BCUT2D eigenvalue weighted by Crippen LogP contribution is 2.13. The second kappa shape index (κ2) is 3.95. The molecule has 0 bridgehead atoms. The van der Waals surface area contributed by atoms with E-state index in [-0.39, 0.29) is 0 Å². The van der Waals surface area contributed by atoms with E-state index in [1.807, 2.05) is 13.0 Å². The van der Waals surface area contributed by atoms with E-state index in [1.54, 1.807) is 6.20 Å². The van der Waals surface area contributed by atoms with Crippen molar-refractivity contribution >= 4 is 11.5 Å². The van der Waals surface area contributed by atoms with Gasteiger partial charge in [-0.25, -0.2) is 4.98 Å². The van der Waals surface area contributed by atoms with Crippen molar-refractivity contribution in [2.45, 2.75) is 20.3 Å². The van der Waals surface area contributed by atoms with Crippen LogP contribution in [0.4, 0.5) is 11.5 Å². The summed E-state index contributed by atoms with van der Waals surface area (Å²) in [7, 11) is 0. The molecular formula is C9H15N3. The summed E-state index contributed by atoms with van der Waals surface area (Å²) in [6.07, 6.45) is 2.77. The van der Waals surface area contributed by atoms with Gasteiger partial charge in [0, 0.05) is 6.54 Å². The van der Waals surface area contributed by atoms with Gasteiger partial charge in [-0.2, -0.15) is 0 Å². The van der Waals surface area contributed by atoms with Gasteiger partial charge in [0.1, 0.15) is 5.82 Å². The van der Waals surface area contributed by atoms with E-state index in [2.05, 4.69) is 17.2 Å². The maximum Gasteiger partial charge on any atom is 0.128 e. The molecule has 66 valence electrons. The zero-order valence-corrected chi connectivity index (χ0v) is 7.59. The third-order valence-corrected chi connectivity index (χ3v) is 1.64. The van der Waals surface area contributed by atoms with Crippen LogP contribution in [-0.2, 0) is 0 Å². The summed E-state index contributed by atoms with van der Waals surface area (Å²) < 4.78 is 0. The Labute approximate surface area is 73.0 Å². The number of pyridine rings is 1. The number of rotatable bonds is 3. The molecule has 0 fully saturated rings. The van der Waals surface area contributed by atoms with Gasteiger partial charge in [-0.15, -0.1) is 0 Å². The van der Waals surface area contributed by atoms with Crippen LogP contribution < -0.4 is 11.1 Å². The highest BCUT2D eigenvalue weighted by molar-refractivity contribution is 5.50. The van der Waals surface area contributed by atoms with E-state index in [9.17, 15) is 0 Å². The Morgan fingerprint density at radius 1 is 1.58 bits per heavy atom. The van der Waals surface area contributed by atoms with E-state index in [0.717, 1.165) is 30.0 Å². The first-order valence-corrected chi connectivity index (χ1v) is 4.20. The average Bonchev–Trinajstić information content (AvgIpc) is 2.03. The number of aryl methyl sites for hydroxylation is 1. The summed E-state index contributed by atoms with van der Waals surface area (Å²) in [5, 5.41) is 3.22. The van der Waals surface area contributed by atoms with Crippen LogP contribution in [0.1, 0.15) is 18.9 Å². The summed E-state index contributed by atoms with van der Waals surface area (Å²) in [5.74, 6) is 0.936. The first-order valence-electron chi connectivity index (χ1n) is 4.20. The fourth-order valence-electron chi connectivity index (χ4n) is 1.02. The van der Waals surface area contributed by atoms with Crippen LogP contribution in [0.5, 0.6) is 0 Å². The van der Waals surface area contributed by atoms with Gasteiger partial charge in [-0.3, -0.25) is 0 Å². The maximum absolute atomic E-state index is 5.57. The summed E-state index contributed by atoms with van der Waals surface area (Å²) in [4.78, 5) is 4.18. The van der Waals surface area contributed by atoms with Crippen LogP contribution in [0.15, 0.2) is 12.3 Å². The van der Waals surface area contributed by atoms with Crippen molar-refractivity contribution in [2.75, 3.05) is 17.6 Å². The number of nitrogens with zero attached hydrogens (tertiary/aromatic N) is 1. The first kappa shape index (κ1) is 8.84. The van der Waals surface area contributed by atoms with Crippen molar-refractivity contribution in [3.63, 3.8) is 0 Å². The molecular weight excluding hydrogens is 150 g/mol. The molecule has 0 spiro atoms. The fraction of sp³-hybridized carbons (Fsp3) is 0.444. The van der Waals surface area contributed by atoms with Gasteiger partial charge in [0.05, 0.1) is 11.9 Å². The minimum Gasteiger partial charge on any atom is -0.397 e. The lowest BCUT2D eigenvalue weighted by atomic mass is 10.2. The van der Waals surface area contributed by atoms with E-state index in [0.29, 0.717) is 0 Å². The molecule has 0 saturated heterocycles. The molecule has 3 N–H and O–H groups in total. The Morgan fingerprint density at radius 2 is 2.33 bits per heavy atom. The van der Waals surface area contributed by atoms with Crippen LogP contribution >= 0.6 is 0 Å². The first-order chi connectivity index (χ1) is 5.74. The molecule has 1 rings (SSSR count). The molecule has 0 radical (unpaired) electrons. The second-order valence-electron chi connectivity index (χ2n) is 2.86. The molecule has 3 nitrogen and oxygen atoms in total. The predicted molar refractivity (Wildman–Crippen MR) is 52.2 cm³/mol. The number of aromatic nitrogens is 1. The Hall–Kier alpha value is -1.25. The smallest absolute Gasteiger partial charge is 0.128 e. The van der Waals surface area contributed by atoms with Crippen molar-refractivity contribution < 1.29 is 0 Å². The van der Waals surface area contributed by atoms with Crippen molar-refractivity contribution in [2.24, 2.45) is 0 Å². The Kier molecular flexibility index (Phi) is 2.91. The highest BCUT2D eigenvalue weighted by atomic mass is 15.0. The molecule has 0 amide bonds. The second-order valence-corrected chi connectivity index (χ2v) is 2.86. The lowest BCUT2D eigenvalue weighted by Gasteiger charge is -2.06. The van der Waals surface area contributed by atoms with Crippen LogP contribution in [0, 0.1) is 6.92 Å². The van der Waals surface area contributed by atoms with E-state index in [1.165, 1.54) is 0 Å². The fourth-order valence-corrected chi connectivity index (χ4v) is 1.02. The molecule has 0 unspecified atom stereocenters. The number of anilines is 2. The largest absolute Gasteiger partial charge is 0.397 e. The molecule has 1 aromatic heterocycles. The number of nitrogens with two attached hydrogens (primary N) is 1. The third-order valence-electron chi connectivity index (χ3n) is 1.64. The standard InChI is InChI=1S/C9H15N3/c1-3-4-11-9-7(2)5-8(10)6-12-9/h5-6H,3-4,10H2,1-2H3,(H,11,12). The quantitative estimate of drug-likeness (QED) is 0.718. The average molecular weight is 165 g/mol. The van der Waals surface area contributed by atoms with Crippen molar-refractivity contribution in [1.29, 1.82) is 0 Å². The molecule has 0 aliphatic rings. The number of nitrogen functional groups attached to an aromatic ring is 1. The monoisotopic (exact) mass is 165 g/mol. The molecule has 0 aromatic carbocycles. The molecule has 0 aliphatic heterocycles. The van der Waals surface area contributed by atoms with Crippen LogP contribution in [0.2, 0.25) is 0 Å². The lowest BCUT2D eigenvalue weighted by Crippen LogP contribution is -2.04. The van der Waals surface area contributed by atoms with Gasteiger partial charge in [-0.05, 0) is 25.0 Å². The zero-order valence-electron chi connectivity index (χ0n) is 7.59. The Balaban J connectivity index is 2.72. The SMILES string of the molecule is CCCNc1ncc(N)cc1C. The van der Waals surface area contributed by atoms with Crippen LogP contribution in [0.3, 0.4) is 0 Å². The van der Waals surface area contributed by atoms with E-state index in [4.69, 9.17) is 5.73 Å². The van der Waals surface area contributed by atoms with Gasteiger partial charge >= 0.3 is 0 Å². The van der Waals surface area contributed by atoms with Gasteiger partial charge in [0.25, 0.3) is 0 Å². The van der Waals surface area contributed by atoms with Gasteiger partial charge < -0.3 is 11.1 Å². The number of nitrogens with one attached hydrogen (secondary N) is 1.